The van der Waals surface area contributed by atoms with Crippen molar-refractivity contribution in [3.63, 3.8) is 0 Å². The summed E-state index contributed by atoms with van der Waals surface area (Å²) in [6.45, 7) is 6.80. The third-order valence-electron chi connectivity index (χ3n) is 5.27. The van der Waals surface area contributed by atoms with E-state index in [9.17, 15) is 9.18 Å². The van der Waals surface area contributed by atoms with Gasteiger partial charge in [0.05, 0.1) is 5.69 Å². The summed E-state index contributed by atoms with van der Waals surface area (Å²) in [5.41, 5.74) is 9.72. The Kier molecular flexibility index (Phi) is 7.90. The number of piperidine rings is 1. The van der Waals surface area contributed by atoms with Gasteiger partial charge < -0.3 is 15.8 Å². The van der Waals surface area contributed by atoms with Crippen LogP contribution < -0.4 is 16.5 Å². The van der Waals surface area contributed by atoms with Crippen LogP contribution in [0.4, 0.5) is 20.8 Å². The maximum Gasteiger partial charge on any atom is 0.422 e. The van der Waals surface area contributed by atoms with Crippen LogP contribution in [-0.4, -0.2) is 50.8 Å². The number of carbonyl (C=O) groups is 1. The van der Waals surface area contributed by atoms with Crippen LogP contribution in [0.1, 0.15) is 33.6 Å². The number of halogens is 1. The molecule has 1 atom stereocenters. The van der Waals surface area contributed by atoms with Crippen molar-refractivity contribution in [2.24, 2.45) is 0 Å². The van der Waals surface area contributed by atoms with Crippen LogP contribution >= 0.6 is 11.8 Å². The molecule has 3 aromatic rings. The Morgan fingerprint density at radius 3 is 2.83 bits per heavy atom. The van der Waals surface area contributed by atoms with E-state index in [1.165, 1.54) is 17.8 Å². The molecule has 3 heterocycles. The number of anilines is 2. The zero-order valence-electron chi connectivity index (χ0n) is 20.5. The Hall–Kier alpha value is -3.44. The second-order valence-corrected chi connectivity index (χ2v) is 10.5. The van der Waals surface area contributed by atoms with Crippen LogP contribution in [-0.2, 0) is 4.74 Å². The first kappa shape index (κ1) is 25.6. The minimum atomic E-state index is -0.561. The smallest absolute Gasteiger partial charge is 0.422 e. The number of nitrogens with zero attached hydrogens (tertiary/aromatic N) is 4. The Labute approximate surface area is 214 Å². The molecule has 1 amide bonds. The second kappa shape index (κ2) is 11.1. The summed E-state index contributed by atoms with van der Waals surface area (Å²) in [5.74, 6) is 0.0681. The maximum absolute atomic E-state index is 14.4. The Morgan fingerprint density at radius 1 is 1.22 bits per heavy atom. The Balaban J connectivity index is 1.45. The average molecular weight is 512 g/mol. The molecule has 1 saturated heterocycles. The molecule has 36 heavy (non-hydrogen) atoms. The molecule has 9 nitrogen and oxygen atoms in total. The minimum Gasteiger partial charge on any atom is -0.443 e. The van der Waals surface area contributed by atoms with Gasteiger partial charge in [-0.3, -0.25) is 5.43 Å². The summed E-state index contributed by atoms with van der Waals surface area (Å²) in [5, 5.41) is 5.83. The van der Waals surface area contributed by atoms with Crippen LogP contribution in [0.25, 0.3) is 11.3 Å². The summed E-state index contributed by atoms with van der Waals surface area (Å²) in [7, 11) is 0. The van der Waals surface area contributed by atoms with Crippen LogP contribution in [0, 0.1) is 5.82 Å². The summed E-state index contributed by atoms with van der Waals surface area (Å²) < 4.78 is 19.7. The predicted molar refractivity (Wildman–Crippen MR) is 138 cm³/mol. The molecule has 4 N–H and O–H groups in total. The number of hydrogen-bond donors (Lipinski definition) is 3. The van der Waals surface area contributed by atoms with E-state index in [0.717, 1.165) is 24.9 Å². The normalized spacial score (nSPS) is 16.4. The number of nitrogens with one attached hydrogen (secondary N) is 2. The number of ether oxygens (including phenoxy) is 1. The summed E-state index contributed by atoms with van der Waals surface area (Å²) >= 11 is 1.21. The number of hydrogen-bond acceptors (Lipinski definition) is 9. The van der Waals surface area contributed by atoms with Gasteiger partial charge in [0.15, 0.2) is 0 Å². The predicted octanol–water partition coefficient (Wildman–Crippen LogP) is 4.73. The molecule has 4 rings (SSSR count). The first-order valence-corrected chi connectivity index (χ1v) is 12.5. The molecule has 11 heteroatoms. The first-order chi connectivity index (χ1) is 17.2. The van der Waals surface area contributed by atoms with Crippen LogP contribution in [0.5, 0.6) is 0 Å². The van der Waals surface area contributed by atoms with E-state index in [-0.39, 0.29) is 6.04 Å². The van der Waals surface area contributed by atoms with E-state index in [1.807, 2.05) is 37.9 Å². The number of hydrazine groups is 1. The zero-order valence-corrected chi connectivity index (χ0v) is 21.3. The zero-order chi connectivity index (χ0) is 25.7. The number of aromatic nitrogens is 3. The average Bonchev–Trinajstić information content (AvgIpc) is 2.80. The fourth-order valence-corrected chi connectivity index (χ4v) is 4.66. The van der Waals surface area contributed by atoms with Gasteiger partial charge in [-0.1, -0.05) is 11.8 Å². The monoisotopic (exact) mass is 511 g/mol. The number of carbonyl (C=O) groups excluding carboxylic acids is 1. The molecular formula is C25H30FN7O2S. The molecule has 0 bridgehead atoms. The summed E-state index contributed by atoms with van der Waals surface area (Å²) in [6, 6.07) is 10.1. The van der Waals surface area contributed by atoms with Gasteiger partial charge in [0.2, 0.25) is 5.95 Å². The van der Waals surface area contributed by atoms with Crippen molar-refractivity contribution in [1.29, 1.82) is 0 Å². The highest BCUT2D eigenvalue weighted by Gasteiger charge is 2.24. The van der Waals surface area contributed by atoms with Crippen molar-refractivity contribution in [3.8, 4) is 11.3 Å². The summed E-state index contributed by atoms with van der Waals surface area (Å²) in [6.07, 6.45) is 4.67. The minimum absolute atomic E-state index is 0.0375. The van der Waals surface area contributed by atoms with Crippen LogP contribution in [0.3, 0.4) is 0 Å². The summed E-state index contributed by atoms with van der Waals surface area (Å²) in [4.78, 5) is 26.1. The van der Waals surface area contributed by atoms with Gasteiger partial charge in [-0.15, -0.1) is 0 Å². The van der Waals surface area contributed by atoms with Crippen molar-refractivity contribution in [2.75, 3.05) is 24.1 Å². The Morgan fingerprint density at radius 2 is 2.06 bits per heavy atom. The van der Waals surface area contributed by atoms with Crippen LogP contribution in [0.15, 0.2) is 58.7 Å². The van der Waals surface area contributed by atoms with Crippen molar-refractivity contribution in [1.82, 2.24) is 25.4 Å². The van der Waals surface area contributed by atoms with Crippen molar-refractivity contribution < 1.29 is 13.9 Å². The van der Waals surface area contributed by atoms with Gasteiger partial charge in [0.25, 0.3) is 0 Å². The van der Waals surface area contributed by atoms with Crippen LogP contribution in [0.2, 0.25) is 0 Å². The van der Waals surface area contributed by atoms with Gasteiger partial charge in [-0.25, -0.2) is 29.1 Å². The molecular weight excluding hydrogens is 481 g/mol. The molecule has 1 aliphatic heterocycles. The lowest BCUT2D eigenvalue weighted by Gasteiger charge is -2.33. The van der Waals surface area contributed by atoms with E-state index in [0.29, 0.717) is 33.8 Å². The molecule has 0 aliphatic carbocycles. The molecule has 1 fully saturated rings. The van der Waals surface area contributed by atoms with Gasteiger partial charge >= 0.3 is 6.09 Å². The van der Waals surface area contributed by atoms with E-state index in [2.05, 4.69) is 20.7 Å². The van der Waals surface area contributed by atoms with E-state index in [4.69, 9.17) is 15.5 Å². The van der Waals surface area contributed by atoms with Crippen molar-refractivity contribution in [2.45, 2.75) is 55.2 Å². The number of rotatable bonds is 6. The SMILES string of the molecule is CC(C)(C)OC(=O)NN1CCC[C@H](Nc2nccc(-c3cccnc3Sc3ccc(N)cc3F)n2)C1. The molecule has 2 aromatic heterocycles. The molecule has 190 valence electrons. The third-order valence-corrected chi connectivity index (χ3v) is 6.34. The molecule has 1 aliphatic rings. The van der Waals surface area contributed by atoms with Gasteiger partial charge in [0.1, 0.15) is 16.4 Å². The van der Waals surface area contributed by atoms with Crippen molar-refractivity contribution in [3.05, 3.63) is 54.6 Å². The standard InChI is InChI=1S/C25H30FN7O2S/c1-25(2,3)35-24(34)32-33-13-5-6-17(15-33)30-23-29-12-10-20(31-23)18-7-4-11-28-22(18)36-21-9-8-16(27)14-19(21)26/h4,7-12,14,17H,5-6,13,15,27H2,1-3H3,(H,32,34)(H,29,30,31)/t17-/m0/s1. The first-order valence-electron chi connectivity index (χ1n) is 11.7. The molecule has 0 unspecified atom stereocenters. The van der Waals surface area contributed by atoms with Gasteiger partial charge in [0, 0.05) is 47.7 Å². The fraction of sp³-hybridized carbons (Fsp3) is 0.360. The lowest BCUT2D eigenvalue weighted by Crippen LogP contribution is -2.52. The highest BCUT2D eigenvalue weighted by molar-refractivity contribution is 7.99. The second-order valence-electron chi connectivity index (χ2n) is 9.46. The van der Waals surface area contributed by atoms with Gasteiger partial charge in [-0.2, -0.15) is 0 Å². The number of nitrogen functional groups attached to an aromatic ring is 1. The Bertz CT molecular complexity index is 1220. The molecule has 1 aromatic carbocycles. The van der Waals surface area contributed by atoms with Crippen molar-refractivity contribution >= 4 is 29.5 Å². The maximum atomic E-state index is 14.4. The third kappa shape index (κ3) is 7.05. The molecule has 0 radical (unpaired) electrons. The quantitative estimate of drug-likeness (QED) is 0.404. The highest BCUT2D eigenvalue weighted by Crippen LogP contribution is 2.35. The van der Waals surface area contributed by atoms with E-state index in [1.54, 1.807) is 30.6 Å². The van der Waals surface area contributed by atoms with Gasteiger partial charge in [-0.05, 0) is 70.0 Å². The highest BCUT2D eigenvalue weighted by atomic mass is 32.2. The lowest BCUT2D eigenvalue weighted by molar-refractivity contribution is 0.0289. The number of nitrogens with two attached hydrogens (primary N) is 1. The molecule has 0 saturated carbocycles. The number of pyridine rings is 1. The molecule has 0 spiro atoms. The fourth-order valence-electron chi connectivity index (χ4n) is 3.76. The van der Waals surface area contributed by atoms with E-state index < -0.39 is 17.5 Å². The number of amides is 1. The lowest BCUT2D eigenvalue weighted by atomic mass is 10.1. The number of benzene rings is 1. The van der Waals surface area contributed by atoms with E-state index >= 15 is 0 Å². The topological polar surface area (TPSA) is 118 Å². The largest absolute Gasteiger partial charge is 0.443 e.